The topological polar surface area (TPSA) is 23.5 Å². The Bertz CT molecular complexity index is 521. The molecule has 1 aromatic carbocycles. The zero-order chi connectivity index (χ0) is 11.8. The molecule has 0 saturated carbocycles. The lowest BCUT2D eigenvalue weighted by Gasteiger charge is -2.14. The largest absolute Gasteiger partial charge is 0.383 e. The van der Waals surface area contributed by atoms with Gasteiger partial charge in [-0.25, -0.2) is 0 Å². The summed E-state index contributed by atoms with van der Waals surface area (Å²) in [5.74, 6) is 0. The van der Waals surface area contributed by atoms with E-state index in [1.165, 1.54) is 11.3 Å². The van der Waals surface area contributed by atoms with Gasteiger partial charge >= 0.3 is 0 Å². The van der Waals surface area contributed by atoms with Gasteiger partial charge in [0.15, 0.2) is 0 Å². The highest BCUT2D eigenvalue weighted by molar-refractivity contribution is 7.10. The lowest BCUT2D eigenvalue weighted by molar-refractivity contribution is 0.224. The van der Waals surface area contributed by atoms with Crippen molar-refractivity contribution < 1.29 is 5.11 Å². The van der Waals surface area contributed by atoms with Gasteiger partial charge in [-0.15, -0.1) is 11.3 Å². The Morgan fingerprint density at radius 1 is 1.35 bits per heavy atom. The Balaban J connectivity index is 1.95. The number of thiophene rings is 1. The Labute approximate surface area is 105 Å². The summed E-state index contributed by atoms with van der Waals surface area (Å²) in [6, 6.07) is 10.3. The first-order valence-electron chi connectivity index (χ1n) is 5.81. The fraction of sp³-hybridized carbons (Fsp3) is 0.286. The number of aliphatic hydroxyl groups excluding tert-OH is 1. The molecule has 2 nitrogen and oxygen atoms in total. The first-order chi connectivity index (χ1) is 8.25. The molecule has 1 aliphatic rings. The predicted molar refractivity (Wildman–Crippen MR) is 71.8 cm³/mol. The third kappa shape index (κ3) is 1.85. The normalized spacial score (nSPS) is 16.0. The third-order valence-corrected chi connectivity index (χ3v) is 4.28. The van der Waals surface area contributed by atoms with Crippen molar-refractivity contribution in [2.45, 2.75) is 12.5 Å². The zero-order valence-electron chi connectivity index (χ0n) is 9.76. The van der Waals surface area contributed by atoms with E-state index in [0.29, 0.717) is 0 Å². The van der Waals surface area contributed by atoms with Crippen molar-refractivity contribution in [1.29, 1.82) is 0 Å². The second kappa shape index (κ2) is 4.17. The van der Waals surface area contributed by atoms with Crippen molar-refractivity contribution in [3.63, 3.8) is 0 Å². The molecule has 3 rings (SSSR count). The van der Waals surface area contributed by atoms with E-state index in [4.69, 9.17) is 0 Å². The lowest BCUT2D eigenvalue weighted by atomic mass is 10.0. The number of hydrogen-bond acceptors (Lipinski definition) is 3. The monoisotopic (exact) mass is 245 g/mol. The highest BCUT2D eigenvalue weighted by atomic mass is 32.1. The van der Waals surface area contributed by atoms with Crippen molar-refractivity contribution in [2.24, 2.45) is 0 Å². The zero-order valence-corrected chi connectivity index (χ0v) is 10.6. The number of fused-ring (bicyclic) bond motifs is 1. The molecule has 2 aromatic rings. The highest BCUT2D eigenvalue weighted by Gasteiger charge is 2.18. The van der Waals surface area contributed by atoms with Gasteiger partial charge in [-0.2, -0.15) is 0 Å². The molecule has 0 amide bonds. The number of hydrogen-bond donors (Lipinski definition) is 1. The van der Waals surface area contributed by atoms with Crippen molar-refractivity contribution in [3.05, 3.63) is 51.7 Å². The third-order valence-electron chi connectivity index (χ3n) is 3.36. The van der Waals surface area contributed by atoms with Gasteiger partial charge in [0.1, 0.15) is 6.10 Å². The standard InChI is InChI=1S/C14H15NOS/c1-15-7-6-10-9-11(4-5-12(10)15)14(16)13-3-2-8-17-13/h2-5,8-9,14,16H,6-7H2,1H3. The summed E-state index contributed by atoms with van der Waals surface area (Å²) >= 11 is 1.60. The first-order valence-corrected chi connectivity index (χ1v) is 6.69. The minimum atomic E-state index is -0.480. The van der Waals surface area contributed by atoms with E-state index in [-0.39, 0.29) is 0 Å². The number of nitrogens with zero attached hydrogens (tertiary/aromatic N) is 1. The van der Waals surface area contributed by atoms with Gasteiger partial charge in [0.05, 0.1) is 0 Å². The molecular weight excluding hydrogens is 230 g/mol. The Hall–Kier alpha value is -1.32. The van der Waals surface area contributed by atoms with Crippen LogP contribution in [-0.4, -0.2) is 18.7 Å². The fourth-order valence-corrected chi connectivity index (χ4v) is 3.10. The first kappa shape index (κ1) is 10.8. The summed E-state index contributed by atoms with van der Waals surface area (Å²) in [4.78, 5) is 3.27. The summed E-state index contributed by atoms with van der Waals surface area (Å²) in [7, 11) is 2.11. The van der Waals surface area contributed by atoms with Crippen LogP contribution in [0.4, 0.5) is 5.69 Å². The average molecular weight is 245 g/mol. The Kier molecular flexibility index (Phi) is 2.65. The van der Waals surface area contributed by atoms with Gasteiger partial charge in [-0.1, -0.05) is 18.2 Å². The molecule has 1 N–H and O–H groups in total. The maximum absolute atomic E-state index is 10.3. The molecule has 3 heteroatoms. The minimum absolute atomic E-state index is 0.480. The number of benzene rings is 1. The summed E-state index contributed by atoms with van der Waals surface area (Å²) in [6.45, 7) is 1.08. The van der Waals surface area contributed by atoms with E-state index in [2.05, 4.69) is 24.1 Å². The molecule has 0 radical (unpaired) electrons. The van der Waals surface area contributed by atoms with E-state index in [9.17, 15) is 5.11 Å². The number of rotatable bonds is 2. The molecule has 0 fully saturated rings. The van der Waals surface area contributed by atoms with E-state index in [1.807, 2.05) is 23.6 Å². The smallest absolute Gasteiger partial charge is 0.113 e. The van der Waals surface area contributed by atoms with Gasteiger partial charge in [-0.3, -0.25) is 0 Å². The SMILES string of the molecule is CN1CCc2cc(C(O)c3cccs3)ccc21. The van der Waals surface area contributed by atoms with Crippen LogP contribution in [0.3, 0.4) is 0 Å². The summed E-state index contributed by atoms with van der Waals surface area (Å²) in [5.41, 5.74) is 3.65. The molecule has 1 unspecified atom stereocenters. The van der Waals surface area contributed by atoms with Gasteiger partial charge < -0.3 is 10.0 Å². The lowest BCUT2D eigenvalue weighted by Crippen LogP contribution is -2.12. The summed E-state index contributed by atoms with van der Waals surface area (Å²) < 4.78 is 0. The molecule has 0 saturated heterocycles. The molecule has 0 bridgehead atoms. The van der Waals surface area contributed by atoms with Crippen LogP contribution >= 0.6 is 11.3 Å². The molecule has 88 valence electrons. The van der Waals surface area contributed by atoms with E-state index in [1.54, 1.807) is 11.3 Å². The van der Waals surface area contributed by atoms with Gasteiger partial charge in [0.25, 0.3) is 0 Å². The second-order valence-corrected chi connectivity index (χ2v) is 5.46. The highest BCUT2D eigenvalue weighted by Crippen LogP contribution is 2.32. The van der Waals surface area contributed by atoms with Crippen LogP contribution in [0.2, 0.25) is 0 Å². The van der Waals surface area contributed by atoms with Crippen molar-refractivity contribution in [3.8, 4) is 0 Å². The van der Waals surface area contributed by atoms with E-state index in [0.717, 1.165) is 23.4 Å². The van der Waals surface area contributed by atoms with E-state index >= 15 is 0 Å². The molecule has 1 aliphatic heterocycles. The predicted octanol–water partition coefficient (Wildman–Crippen LogP) is 2.82. The van der Waals surface area contributed by atoms with Gasteiger partial charge in [0.2, 0.25) is 0 Å². The molecule has 17 heavy (non-hydrogen) atoms. The molecule has 1 atom stereocenters. The maximum Gasteiger partial charge on any atom is 0.113 e. The van der Waals surface area contributed by atoms with Crippen molar-refractivity contribution in [1.82, 2.24) is 0 Å². The van der Waals surface area contributed by atoms with Crippen molar-refractivity contribution >= 4 is 17.0 Å². The van der Waals surface area contributed by atoms with Crippen LogP contribution < -0.4 is 4.90 Å². The van der Waals surface area contributed by atoms with Crippen molar-refractivity contribution in [2.75, 3.05) is 18.5 Å². The van der Waals surface area contributed by atoms with Gasteiger partial charge in [0, 0.05) is 24.2 Å². The van der Waals surface area contributed by atoms with E-state index < -0.39 is 6.10 Å². The molecule has 2 heterocycles. The minimum Gasteiger partial charge on any atom is -0.383 e. The number of aliphatic hydroxyl groups is 1. The Morgan fingerprint density at radius 2 is 2.24 bits per heavy atom. The second-order valence-electron chi connectivity index (χ2n) is 4.48. The van der Waals surface area contributed by atoms with Crippen LogP contribution in [0.15, 0.2) is 35.7 Å². The summed E-state index contributed by atoms with van der Waals surface area (Å²) in [5, 5.41) is 12.3. The van der Waals surface area contributed by atoms with Crippen LogP contribution in [0, 0.1) is 0 Å². The fourth-order valence-electron chi connectivity index (χ4n) is 2.37. The molecule has 1 aromatic heterocycles. The van der Waals surface area contributed by atoms with Crippen LogP contribution in [0.25, 0.3) is 0 Å². The molecule has 0 spiro atoms. The molecular formula is C14H15NOS. The number of anilines is 1. The van der Waals surface area contributed by atoms with Crippen LogP contribution in [-0.2, 0) is 6.42 Å². The maximum atomic E-state index is 10.3. The summed E-state index contributed by atoms with van der Waals surface area (Å²) in [6.07, 6.45) is 0.600. The Morgan fingerprint density at radius 3 is 3.00 bits per heavy atom. The van der Waals surface area contributed by atoms with Gasteiger partial charge in [-0.05, 0) is 35.1 Å². The quantitative estimate of drug-likeness (QED) is 0.879. The van der Waals surface area contributed by atoms with Crippen LogP contribution in [0.1, 0.15) is 22.1 Å². The average Bonchev–Trinajstić information content (AvgIpc) is 2.98. The molecule has 0 aliphatic carbocycles. The van der Waals surface area contributed by atoms with Crippen LogP contribution in [0.5, 0.6) is 0 Å². The number of likely N-dealkylation sites (N-methyl/N-ethyl adjacent to an activating group) is 1.